The minimum atomic E-state index is -3.35. The van der Waals surface area contributed by atoms with E-state index in [1.54, 1.807) is 6.34 Å². The Balaban J connectivity index is 1.48. The second-order valence-electron chi connectivity index (χ2n) is 13.3. The van der Waals surface area contributed by atoms with Crippen LogP contribution in [0.2, 0.25) is 0 Å². The van der Waals surface area contributed by atoms with Gasteiger partial charge < -0.3 is 9.88 Å². The average Bonchev–Trinajstić information content (AvgIpc) is 3.48. The van der Waals surface area contributed by atoms with Crippen molar-refractivity contribution in [2.45, 2.75) is 71.4 Å². The first-order valence-electron chi connectivity index (χ1n) is 17.8. The van der Waals surface area contributed by atoms with Gasteiger partial charge in [-0.05, 0) is 74.0 Å². The average molecular weight is 678 g/mol. The van der Waals surface area contributed by atoms with E-state index in [2.05, 4.69) is 147 Å². The maximum atomic E-state index is 16.5. The van der Waals surface area contributed by atoms with Crippen molar-refractivity contribution >= 4 is 36.0 Å². The maximum Gasteiger partial charge on any atom is 0.168 e. The number of rotatable bonds is 11. The zero-order chi connectivity index (χ0) is 35.0. The molecule has 6 rings (SSSR count). The monoisotopic (exact) mass is 677 g/mol. The van der Waals surface area contributed by atoms with Crippen molar-refractivity contribution in [3.63, 3.8) is 0 Å². The first-order valence-corrected chi connectivity index (χ1v) is 19.5. The zero-order valence-electron chi connectivity index (χ0n) is 29.7. The van der Waals surface area contributed by atoms with E-state index in [-0.39, 0.29) is 6.17 Å². The molecular formula is C45H48N3OP. The lowest BCUT2D eigenvalue weighted by molar-refractivity contribution is 0.588. The molecule has 0 amide bonds. The summed E-state index contributed by atoms with van der Waals surface area (Å²) in [5, 5.41) is 5.96. The molecule has 0 bridgehead atoms. The Morgan fingerprint density at radius 3 is 2.34 bits per heavy atom. The van der Waals surface area contributed by atoms with E-state index < -0.39 is 12.6 Å². The van der Waals surface area contributed by atoms with Gasteiger partial charge in [-0.15, -0.1) is 0 Å². The number of amidine groups is 1. The van der Waals surface area contributed by atoms with E-state index in [0.29, 0.717) is 6.42 Å². The van der Waals surface area contributed by atoms with Crippen LogP contribution in [0, 0.1) is 0 Å². The molecule has 1 heterocycles. The van der Waals surface area contributed by atoms with E-state index in [4.69, 9.17) is 4.99 Å². The Labute approximate surface area is 298 Å². The summed E-state index contributed by atoms with van der Waals surface area (Å²) < 4.78 is 16.5. The molecule has 0 spiro atoms. The second kappa shape index (κ2) is 15.8. The number of hydrogen-bond acceptors (Lipinski definition) is 4. The summed E-state index contributed by atoms with van der Waals surface area (Å²) in [7, 11) is -3.35. The highest BCUT2D eigenvalue weighted by molar-refractivity contribution is 7.82. The number of allylic oxidation sites excluding steroid dienone is 6. The molecule has 4 aromatic rings. The molecule has 50 heavy (non-hydrogen) atoms. The van der Waals surface area contributed by atoms with Crippen LogP contribution in [0.25, 0.3) is 6.08 Å². The van der Waals surface area contributed by atoms with Gasteiger partial charge in [0.25, 0.3) is 0 Å². The molecule has 1 aliphatic heterocycles. The molecule has 4 nitrogen and oxygen atoms in total. The third-order valence-corrected chi connectivity index (χ3v) is 13.8. The molecule has 254 valence electrons. The standard InChI is InChI=1S/C45H48N3OP/c1-5-34(2)35(3)50(49,41-30-18-16-21-36(41)24-20-32-43-46-33-47-44(48-43)37-22-10-8-11-23-37)42-31-19-17-29-40(42)45(4,39-27-14-9-15-28-39)38-25-12-6-7-13-26-38/h6,8-12,14-25,27-31,33,44H,5,7,13,26,32H2,1-4H3,(H,46,47,48)/b24-20+,35-34+. The molecule has 4 aromatic carbocycles. The number of nitrogens with zero attached hydrogens (tertiary/aromatic N) is 2. The van der Waals surface area contributed by atoms with E-state index in [9.17, 15) is 0 Å². The lowest BCUT2D eigenvalue weighted by atomic mass is 9.69. The smallest absolute Gasteiger partial charge is 0.168 e. The van der Waals surface area contributed by atoms with Crippen molar-refractivity contribution in [1.29, 1.82) is 0 Å². The summed E-state index contributed by atoms with van der Waals surface area (Å²) in [5.74, 6) is 0.846. The third-order valence-electron chi connectivity index (χ3n) is 10.4. The van der Waals surface area contributed by atoms with Crippen molar-refractivity contribution in [3.8, 4) is 0 Å². The van der Waals surface area contributed by atoms with Crippen molar-refractivity contribution in [3.05, 3.63) is 172 Å². The Kier molecular flexibility index (Phi) is 11.1. The summed E-state index contributed by atoms with van der Waals surface area (Å²) in [5.41, 5.74) is 6.35. The highest BCUT2D eigenvalue weighted by atomic mass is 31.2. The van der Waals surface area contributed by atoms with Gasteiger partial charge in [0.1, 0.15) is 5.84 Å². The van der Waals surface area contributed by atoms with Gasteiger partial charge in [-0.25, -0.2) is 9.98 Å². The molecular weight excluding hydrogens is 629 g/mol. The van der Waals surface area contributed by atoms with Gasteiger partial charge in [-0.2, -0.15) is 0 Å². The predicted molar refractivity (Wildman–Crippen MR) is 214 cm³/mol. The van der Waals surface area contributed by atoms with Crippen molar-refractivity contribution < 1.29 is 4.57 Å². The molecule has 0 radical (unpaired) electrons. The summed E-state index contributed by atoms with van der Waals surface area (Å²) in [4.78, 5) is 9.40. The highest BCUT2D eigenvalue weighted by Gasteiger charge is 2.41. The third kappa shape index (κ3) is 7.09. The van der Waals surface area contributed by atoms with Crippen molar-refractivity contribution in [2.75, 3.05) is 0 Å². The Bertz CT molecular complexity index is 2040. The van der Waals surface area contributed by atoms with Crippen LogP contribution in [-0.2, 0) is 9.98 Å². The fourth-order valence-electron chi connectivity index (χ4n) is 7.17. The van der Waals surface area contributed by atoms with Gasteiger partial charge >= 0.3 is 0 Å². The van der Waals surface area contributed by atoms with Crippen LogP contribution >= 0.6 is 7.14 Å². The van der Waals surface area contributed by atoms with Gasteiger partial charge in [-0.3, -0.25) is 0 Å². The Hall–Kier alpha value is -4.79. The molecule has 0 aromatic heterocycles. The van der Waals surface area contributed by atoms with E-state index in [1.807, 2.05) is 30.3 Å². The SMILES string of the molecule is CC/C(C)=C(\C)P(=O)(c1ccccc1/C=C/CC1=NC(c2ccccc2)N=CN1)c1ccccc1C(C)(C1=CC=CCCC1)c1ccccc1. The first kappa shape index (κ1) is 35.1. The largest absolute Gasteiger partial charge is 0.335 e. The summed E-state index contributed by atoms with van der Waals surface area (Å²) in [6.45, 7) is 8.71. The van der Waals surface area contributed by atoms with E-state index in [1.165, 1.54) is 11.1 Å². The van der Waals surface area contributed by atoms with Crippen LogP contribution in [0.1, 0.15) is 88.2 Å². The Morgan fingerprint density at radius 1 is 0.900 bits per heavy atom. The van der Waals surface area contributed by atoms with Crippen LogP contribution in [0.15, 0.2) is 160 Å². The Morgan fingerprint density at radius 2 is 1.58 bits per heavy atom. The molecule has 0 saturated heterocycles. The highest BCUT2D eigenvalue weighted by Crippen LogP contribution is 2.57. The fourth-order valence-corrected chi connectivity index (χ4v) is 10.6. The molecule has 3 atom stereocenters. The number of benzene rings is 4. The first-order chi connectivity index (χ1) is 24.4. The van der Waals surface area contributed by atoms with Gasteiger partial charge in [0.2, 0.25) is 0 Å². The maximum absolute atomic E-state index is 16.5. The molecule has 1 N–H and O–H groups in total. The lowest BCUT2D eigenvalue weighted by Crippen LogP contribution is -2.34. The van der Waals surface area contributed by atoms with Crippen LogP contribution < -0.4 is 15.9 Å². The number of hydrogen-bond donors (Lipinski definition) is 1. The molecule has 1 aliphatic carbocycles. The van der Waals surface area contributed by atoms with Crippen LogP contribution in [0.5, 0.6) is 0 Å². The summed E-state index contributed by atoms with van der Waals surface area (Å²) in [6, 6.07) is 37.6. The number of aliphatic imine (C=N–C) groups is 2. The van der Waals surface area contributed by atoms with E-state index in [0.717, 1.165) is 69.7 Å². The lowest BCUT2D eigenvalue weighted by Gasteiger charge is -2.38. The topological polar surface area (TPSA) is 53.8 Å². The van der Waals surface area contributed by atoms with Crippen LogP contribution in [-0.4, -0.2) is 12.2 Å². The molecule has 2 aliphatic rings. The quantitative estimate of drug-likeness (QED) is 0.161. The summed E-state index contributed by atoms with van der Waals surface area (Å²) in [6.07, 6.45) is 17.0. The minimum absolute atomic E-state index is 0.257. The fraction of sp³-hybridized carbons (Fsp3) is 0.244. The van der Waals surface area contributed by atoms with Crippen LogP contribution in [0.4, 0.5) is 0 Å². The molecule has 5 heteroatoms. The molecule has 0 saturated carbocycles. The van der Waals surface area contributed by atoms with Gasteiger partial charge in [0.15, 0.2) is 13.3 Å². The second-order valence-corrected chi connectivity index (χ2v) is 16.1. The van der Waals surface area contributed by atoms with Crippen LogP contribution in [0.3, 0.4) is 0 Å². The van der Waals surface area contributed by atoms with Crippen molar-refractivity contribution in [2.24, 2.45) is 9.98 Å². The van der Waals surface area contributed by atoms with E-state index >= 15 is 4.57 Å². The van der Waals surface area contributed by atoms with Gasteiger partial charge in [-0.1, -0.05) is 158 Å². The minimum Gasteiger partial charge on any atom is -0.335 e. The van der Waals surface area contributed by atoms with Gasteiger partial charge in [0, 0.05) is 22.4 Å². The number of nitrogens with one attached hydrogen (secondary N) is 1. The summed E-state index contributed by atoms with van der Waals surface area (Å²) >= 11 is 0. The molecule has 3 unspecified atom stereocenters. The molecule has 0 fully saturated rings. The zero-order valence-corrected chi connectivity index (χ0v) is 30.6. The predicted octanol–water partition coefficient (Wildman–Crippen LogP) is 10.8. The van der Waals surface area contributed by atoms with Crippen molar-refractivity contribution in [1.82, 2.24) is 5.32 Å². The van der Waals surface area contributed by atoms with Gasteiger partial charge in [0.05, 0.1) is 6.34 Å². The normalized spacial score (nSPS) is 19.0.